The molecule has 0 saturated carbocycles. The third-order valence-corrected chi connectivity index (χ3v) is 6.36. The van der Waals surface area contributed by atoms with Crippen LogP contribution in [-0.2, 0) is 14.3 Å². The molecule has 0 atom stereocenters. The van der Waals surface area contributed by atoms with Crippen molar-refractivity contribution in [2.24, 2.45) is 10.2 Å². The van der Waals surface area contributed by atoms with Crippen molar-refractivity contribution in [3.05, 3.63) is 86.1 Å². The molecule has 39 heavy (non-hydrogen) atoms. The Kier molecular flexibility index (Phi) is 8.79. The third-order valence-electron chi connectivity index (χ3n) is 5.11. The number of amidine groups is 1. The maximum absolute atomic E-state index is 12.8. The standard InChI is InChI=1S/C26H22ClN5O6S/c1-4-37-19-11-16(13-28-31-26-30-24(34)21(39-26)12-22(33)36-3)7-10-18(19)38-20-14-29-32(25(35)23(20)27)17-8-5-15(2)6-9-17/h5-14H,4H2,1-3H3,(H,30,31,34)/b21-12+,28-13?. The predicted octanol–water partition coefficient (Wildman–Crippen LogP) is 4.00. The second kappa shape index (κ2) is 12.4. The monoisotopic (exact) mass is 567 g/mol. The van der Waals surface area contributed by atoms with E-state index in [0.29, 0.717) is 29.4 Å². The molecule has 1 amide bonds. The van der Waals surface area contributed by atoms with Gasteiger partial charge in [-0.2, -0.15) is 14.9 Å². The van der Waals surface area contributed by atoms with Crippen LogP contribution in [0.4, 0.5) is 0 Å². The summed E-state index contributed by atoms with van der Waals surface area (Å²) in [5, 5.41) is 14.7. The summed E-state index contributed by atoms with van der Waals surface area (Å²) in [6.45, 7) is 4.10. The number of hydrogen-bond donors (Lipinski definition) is 1. The van der Waals surface area contributed by atoms with Crippen LogP contribution in [0.1, 0.15) is 18.1 Å². The molecule has 1 fully saturated rings. The summed E-state index contributed by atoms with van der Waals surface area (Å²) in [6, 6.07) is 12.3. The first kappa shape index (κ1) is 27.6. The van der Waals surface area contributed by atoms with Crippen molar-refractivity contribution in [1.82, 2.24) is 15.1 Å². The number of halogens is 1. The highest BCUT2D eigenvalue weighted by Crippen LogP contribution is 2.34. The molecule has 13 heteroatoms. The molecule has 1 aliphatic heterocycles. The zero-order valence-electron chi connectivity index (χ0n) is 21.0. The largest absolute Gasteiger partial charge is 0.490 e. The van der Waals surface area contributed by atoms with Crippen molar-refractivity contribution >= 4 is 46.6 Å². The van der Waals surface area contributed by atoms with Crippen LogP contribution in [0.3, 0.4) is 0 Å². The Bertz CT molecular complexity index is 1570. The van der Waals surface area contributed by atoms with E-state index in [0.717, 1.165) is 23.4 Å². The lowest BCUT2D eigenvalue weighted by Crippen LogP contribution is -2.21. The summed E-state index contributed by atoms with van der Waals surface area (Å²) in [5.74, 6) is -0.358. The number of nitrogens with zero attached hydrogens (tertiary/aromatic N) is 4. The van der Waals surface area contributed by atoms with Crippen molar-refractivity contribution in [2.75, 3.05) is 13.7 Å². The lowest BCUT2D eigenvalue weighted by Gasteiger charge is -2.13. The average Bonchev–Trinajstić information content (AvgIpc) is 3.27. The van der Waals surface area contributed by atoms with Crippen LogP contribution in [0.15, 0.2) is 74.6 Å². The van der Waals surface area contributed by atoms with E-state index >= 15 is 0 Å². The highest BCUT2D eigenvalue weighted by Gasteiger charge is 2.25. The molecule has 11 nitrogen and oxygen atoms in total. The van der Waals surface area contributed by atoms with Gasteiger partial charge in [0.1, 0.15) is 0 Å². The summed E-state index contributed by atoms with van der Waals surface area (Å²) < 4.78 is 17.3. The maximum atomic E-state index is 12.8. The van der Waals surface area contributed by atoms with Crippen LogP contribution in [-0.4, -0.2) is 46.8 Å². The van der Waals surface area contributed by atoms with Crippen LogP contribution in [0, 0.1) is 6.92 Å². The molecule has 2 heterocycles. The van der Waals surface area contributed by atoms with E-state index in [1.54, 1.807) is 30.3 Å². The quantitative estimate of drug-likeness (QED) is 0.187. The number of esters is 1. The SMILES string of the molecule is CCOc1cc(C=N/N=C2/NC(=O)/C(=C\C(=O)OC)S2)ccc1Oc1cnn(-c2ccc(C)cc2)c(=O)c1Cl. The number of aromatic nitrogens is 2. The Hall–Kier alpha value is -4.42. The van der Waals surface area contributed by atoms with E-state index in [4.69, 9.17) is 21.1 Å². The van der Waals surface area contributed by atoms with Crippen LogP contribution >= 0.6 is 23.4 Å². The highest BCUT2D eigenvalue weighted by molar-refractivity contribution is 8.18. The Morgan fingerprint density at radius 1 is 1.15 bits per heavy atom. The molecule has 3 aromatic rings. The van der Waals surface area contributed by atoms with Gasteiger partial charge < -0.3 is 14.2 Å². The summed E-state index contributed by atoms with van der Waals surface area (Å²) in [4.78, 5) is 36.3. The first-order chi connectivity index (χ1) is 18.8. The Morgan fingerprint density at radius 3 is 2.64 bits per heavy atom. The van der Waals surface area contributed by atoms with Crippen LogP contribution < -0.4 is 20.3 Å². The van der Waals surface area contributed by atoms with E-state index in [-0.39, 0.29) is 20.8 Å². The molecular weight excluding hydrogens is 546 g/mol. The third kappa shape index (κ3) is 6.72. The number of thioether (sulfide) groups is 1. The summed E-state index contributed by atoms with van der Waals surface area (Å²) in [7, 11) is 1.22. The number of amides is 1. The van der Waals surface area contributed by atoms with Crippen LogP contribution in [0.5, 0.6) is 17.2 Å². The zero-order chi connectivity index (χ0) is 27.9. The first-order valence-electron chi connectivity index (χ1n) is 11.5. The van der Waals surface area contributed by atoms with Gasteiger partial charge in [0, 0.05) is 6.08 Å². The van der Waals surface area contributed by atoms with E-state index in [1.165, 1.54) is 24.2 Å². The molecule has 1 saturated heterocycles. The number of hydrogen-bond acceptors (Lipinski definition) is 10. The van der Waals surface area contributed by atoms with Crippen LogP contribution in [0.2, 0.25) is 5.02 Å². The molecule has 200 valence electrons. The van der Waals surface area contributed by atoms with E-state index < -0.39 is 17.4 Å². The van der Waals surface area contributed by atoms with Gasteiger partial charge in [-0.05, 0) is 61.5 Å². The second-order valence-electron chi connectivity index (χ2n) is 7.85. The predicted molar refractivity (Wildman–Crippen MR) is 148 cm³/mol. The van der Waals surface area contributed by atoms with Crippen molar-refractivity contribution in [3.63, 3.8) is 0 Å². The van der Waals surface area contributed by atoms with Gasteiger partial charge in [0.15, 0.2) is 27.4 Å². The molecule has 4 rings (SSSR count). The lowest BCUT2D eigenvalue weighted by atomic mass is 10.2. The van der Waals surface area contributed by atoms with E-state index in [2.05, 4.69) is 25.4 Å². The molecule has 0 unspecified atom stereocenters. The minimum absolute atomic E-state index is 0.0728. The van der Waals surface area contributed by atoms with Gasteiger partial charge in [-0.1, -0.05) is 29.3 Å². The highest BCUT2D eigenvalue weighted by atomic mass is 35.5. The molecule has 1 aliphatic rings. The Balaban J connectivity index is 1.52. The maximum Gasteiger partial charge on any atom is 0.331 e. The summed E-state index contributed by atoms with van der Waals surface area (Å²) in [5.41, 5.74) is 1.72. The number of nitrogens with one attached hydrogen (secondary N) is 1. The number of carbonyl (C=O) groups is 2. The normalized spacial score (nSPS) is 15.1. The Morgan fingerprint density at radius 2 is 1.92 bits per heavy atom. The molecule has 2 aromatic carbocycles. The number of rotatable bonds is 8. The number of aryl methyl sites for hydroxylation is 1. The van der Waals surface area contributed by atoms with Crippen molar-refractivity contribution in [1.29, 1.82) is 0 Å². The average molecular weight is 568 g/mol. The van der Waals surface area contributed by atoms with Gasteiger partial charge in [-0.3, -0.25) is 14.9 Å². The number of carbonyl (C=O) groups excluding carboxylic acids is 2. The molecule has 0 aliphatic carbocycles. The second-order valence-corrected chi connectivity index (χ2v) is 9.26. The molecular formula is C26H22ClN5O6S. The zero-order valence-corrected chi connectivity index (χ0v) is 22.6. The minimum Gasteiger partial charge on any atom is -0.490 e. The fraction of sp³-hybridized carbons (Fsp3) is 0.154. The van der Waals surface area contributed by atoms with Gasteiger partial charge in [-0.15, -0.1) is 5.10 Å². The van der Waals surface area contributed by atoms with Gasteiger partial charge in [0.2, 0.25) is 0 Å². The molecule has 0 bridgehead atoms. The Labute approximate surface area is 232 Å². The minimum atomic E-state index is -0.646. The van der Waals surface area contributed by atoms with E-state index in [1.807, 2.05) is 26.0 Å². The summed E-state index contributed by atoms with van der Waals surface area (Å²) in [6.07, 6.45) is 3.89. The lowest BCUT2D eigenvalue weighted by molar-refractivity contribution is -0.135. The number of methoxy groups -OCH3 is 1. The molecule has 1 N–H and O–H groups in total. The van der Waals surface area contributed by atoms with Crippen molar-refractivity contribution < 1.29 is 23.8 Å². The van der Waals surface area contributed by atoms with Gasteiger partial charge >= 0.3 is 5.97 Å². The van der Waals surface area contributed by atoms with Gasteiger partial charge in [-0.25, -0.2) is 4.79 Å². The first-order valence-corrected chi connectivity index (χ1v) is 12.7. The topological polar surface area (TPSA) is 133 Å². The summed E-state index contributed by atoms with van der Waals surface area (Å²) >= 11 is 7.30. The van der Waals surface area contributed by atoms with Crippen molar-refractivity contribution in [3.8, 4) is 22.9 Å². The van der Waals surface area contributed by atoms with Crippen molar-refractivity contribution in [2.45, 2.75) is 13.8 Å². The van der Waals surface area contributed by atoms with E-state index in [9.17, 15) is 14.4 Å². The van der Waals surface area contributed by atoms with Crippen LogP contribution in [0.25, 0.3) is 5.69 Å². The molecule has 0 spiro atoms. The molecule has 0 radical (unpaired) electrons. The smallest absolute Gasteiger partial charge is 0.331 e. The number of benzene rings is 2. The van der Waals surface area contributed by atoms with Gasteiger partial charge in [0.05, 0.1) is 36.7 Å². The fourth-order valence-corrected chi connectivity index (χ4v) is 4.13. The molecule has 1 aromatic heterocycles. The van der Waals surface area contributed by atoms with Gasteiger partial charge in [0.25, 0.3) is 11.5 Å². The number of ether oxygens (including phenoxy) is 3. The fourth-order valence-electron chi connectivity index (χ4n) is 3.22.